The van der Waals surface area contributed by atoms with E-state index in [1.54, 1.807) is 24.3 Å². The van der Waals surface area contributed by atoms with Gasteiger partial charge < -0.3 is 20.6 Å². The van der Waals surface area contributed by atoms with Gasteiger partial charge in [0.25, 0.3) is 5.91 Å². The Kier molecular flexibility index (Phi) is 10.3. The standard InChI is InChI=1S/C41H41FN4O4S/c1-39(2,51-41(30-12-6-3-7-13-30,31-14-8-4-9-15-31)32-16-10-5-11-17-32)35(45-38(50)40(42)22-23-40)37(49)46-27-33(47)24-34(46)36(48)44-26-29-20-18-28(25-43)19-21-29/h3-21,33-35,47H,22-24,26-27H2,1-2H3,(H,44,48)(H,45,50)/t33?,34?,35-/m1/s1. The summed E-state index contributed by atoms with van der Waals surface area (Å²) >= 11 is 1.47. The Balaban J connectivity index is 1.37. The van der Waals surface area contributed by atoms with Crippen LogP contribution in [0, 0.1) is 11.3 Å². The maximum Gasteiger partial charge on any atom is 0.258 e. The van der Waals surface area contributed by atoms with Crippen LogP contribution in [0.25, 0.3) is 0 Å². The van der Waals surface area contributed by atoms with E-state index in [1.807, 2.05) is 105 Å². The van der Waals surface area contributed by atoms with Gasteiger partial charge in [-0.3, -0.25) is 14.4 Å². The van der Waals surface area contributed by atoms with Crippen molar-refractivity contribution in [2.75, 3.05) is 6.54 Å². The monoisotopic (exact) mass is 704 g/mol. The number of likely N-dealkylation sites (tertiary alicyclic amines) is 1. The highest BCUT2D eigenvalue weighted by atomic mass is 32.2. The third-order valence-electron chi connectivity index (χ3n) is 9.69. The maximum absolute atomic E-state index is 15.3. The second-order valence-corrected chi connectivity index (χ2v) is 15.6. The average molecular weight is 705 g/mol. The summed E-state index contributed by atoms with van der Waals surface area (Å²) in [6.07, 6.45) is -0.829. The molecule has 0 aromatic heterocycles. The van der Waals surface area contributed by atoms with Crippen molar-refractivity contribution in [3.8, 4) is 6.07 Å². The predicted octanol–water partition coefficient (Wildman–Crippen LogP) is 5.63. The fourth-order valence-electron chi connectivity index (χ4n) is 6.75. The Morgan fingerprint density at radius 3 is 1.88 bits per heavy atom. The van der Waals surface area contributed by atoms with E-state index in [-0.39, 0.29) is 32.4 Å². The lowest BCUT2D eigenvalue weighted by Crippen LogP contribution is -2.61. The molecule has 4 aromatic carbocycles. The molecule has 2 unspecified atom stereocenters. The molecule has 3 N–H and O–H groups in total. The molecule has 3 atom stereocenters. The molecule has 1 heterocycles. The van der Waals surface area contributed by atoms with E-state index in [0.29, 0.717) is 5.56 Å². The molecular formula is C41H41FN4O4S. The van der Waals surface area contributed by atoms with Crippen LogP contribution >= 0.6 is 11.8 Å². The molecule has 10 heteroatoms. The first kappa shape index (κ1) is 35.8. The van der Waals surface area contributed by atoms with Crippen molar-refractivity contribution in [2.24, 2.45) is 0 Å². The number of hydrogen-bond donors (Lipinski definition) is 3. The second-order valence-electron chi connectivity index (χ2n) is 13.8. The molecule has 3 amide bonds. The topological polar surface area (TPSA) is 123 Å². The largest absolute Gasteiger partial charge is 0.391 e. The van der Waals surface area contributed by atoms with Crippen LogP contribution in [0.1, 0.15) is 60.9 Å². The number of halogens is 1. The van der Waals surface area contributed by atoms with Gasteiger partial charge in [0.1, 0.15) is 12.1 Å². The Morgan fingerprint density at radius 2 is 1.41 bits per heavy atom. The number of β-amino-alcohol motifs (C(OH)–C–C–N with tert-alkyl or cyclic N) is 1. The van der Waals surface area contributed by atoms with Crippen molar-refractivity contribution in [1.82, 2.24) is 15.5 Å². The minimum atomic E-state index is -2.06. The minimum absolute atomic E-state index is 0.00815. The molecule has 1 saturated carbocycles. The smallest absolute Gasteiger partial charge is 0.258 e. The van der Waals surface area contributed by atoms with Crippen LogP contribution in [-0.4, -0.2) is 62.9 Å². The summed E-state index contributed by atoms with van der Waals surface area (Å²) in [5.74, 6) is -1.90. The van der Waals surface area contributed by atoms with E-state index in [2.05, 4.69) is 16.7 Å². The summed E-state index contributed by atoms with van der Waals surface area (Å²) in [6, 6.07) is 36.3. The van der Waals surface area contributed by atoms with Gasteiger partial charge in [0.2, 0.25) is 11.8 Å². The lowest BCUT2D eigenvalue weighted by atomic mass is 9.84. The number of aliphatic hydroxyl groups excluding tert-OH is 1. The van der Waals surface area contributed by atoms with E-state index >= 15 is 4.39 Å². The van der Waals surface area contributed by atoms with Crippen molar-refractivity contribution >= 4 is 29.5 Å². The van der Waals surface area contributed by atoms with Crippen molar-refractivity contribution in [3.63, 3.8) is 0 Å². The number of alkyl halides is 1. The number of hydrogen-bond acceptors (Lipinski definition) is 6. The number of carbonyl (C=O) groups is 3. The summed E-state index contributed by atoms with van der Waals surface area (Å²) in [7, 11) is 0. The van der Waals surface area contributed by atoms with E-state index in [0.717, 1.165) is 22.3 Å². The number of rotatable bonds is 12. The van der Waals surface area contributed by atoms with E-state index in [9.17, 15) is 19.5 Å². The molecule has 0 radical (unpaired) electrons. The van der Waals surface area contributed by atoms with Crippen molar-refractivity contribution < 1.29 is 23.9 Å². The zero-order chi connectivity index (χ0) is 36.2. The van der Waals surface area contributed by atoms with Gasteiger partial charge in [-0.25, -0.2) is 4.39 Å². The van der Waals surface area contributed by atoms with Crippen LogP contribution in [-0.2, 0) is 25.7 Å². The van der Waals surface area contributed by atoms with Crippen molar-refractivity contribution in [2.45, 2.75) is 73.0 Å². The van der Waals surface area contributed by atoms with Gasteiger partial charge >= 0.3 is 0 Å². The van der Waals surface area contributed by atoms with Crippen LogP contribution in [0.2, 0.25) is 0 Å². The van der Waals surface area contributed by atoms with Crippen molar-refractivity contribution in [1.29, 1.82) is 5.26 Å². The first-order valence-electron chi connectivity index (χ1n) is 17.1. The molecule has 1 aliphatic carbocycles. The highest BCUT2D eigenvalue weighted by molar-refractivity contribution is 8.02. The molecule has 0 bridgehead atoms. The normalized spacial score (nSPS) is 18.7. The maximum atomic E-state index is 15.3. The first-order chi connectivity index (χ1) is 24.5. The molecule has 6 rings (SSSR count). The fourth-order valence-corrected chi connectivity index (χ4v) is 8.58. The van der Waals surface area contributed by atoms with E-state index in [4.69, 9.17) is 5.26 Å². The van der Waals surface area contributed by atoms with Crippen LogP contribution in [0.5, 0.6) is 0 Å². The zero-order valence-corrected chi connectivity index (χ0v) is 29.4. The number of thioether (sulfide) groups is 1. The number of benzene rings is 4. The lowest BCUT2D eigenvalue weighted by molar-refractivity contribution is -0.143. The highest BCUT2D eigenvalue weighted by Crippen LogP contribution is 2.54. The van der Waals surface area contributed by atoms with E-state index in [1.165, 1.54) is 16.7 Å². The number of nitrogens with zero attached hydrogens (tertiary/aromatic N) is 2. The van der Waals surface area contributed by atoms with Gasteiger partial charge in [-0.15, -0.1) is 11.8 Å². The summed E-state index contributed by atoms with van der Waals surface area (Å²) in [5.41, 5.74) is 2.03. The number of nitrogens with one attached hydrogen (secondary N) is 2. The SMILES string of the molecule is CC(C)(SC(c1ccccc1)(c1ccccc1)c1ccccc1)[C@H](NC(=O)C1(F)CC1)C(=O)N1CC(O)CC1C(=O)NCc1ccc(C#N)cc1. The Bertz CT molecular complexity index is 1800. The van der Waals surface area contributed by atoms with Gasteiger partial charge in [0.15, 0.2) is 5.67 Å². The molecular weight excluding hydrogens is 664 g/mol. The number of nitriles is 1. The van der Waals surface area contributed by atoms with Gasteiger partial charge in [-0.2, -0.15) is 5.26 Å². The van der Waals surface area contributed by atoms with Crippen molar-refractivity contribution in [3.05, 3.63) is 143 Å². The summed E-state index contributed by atoms with van der Waals surface area (Å²) in [5, 5.41) is 25.6. The highest BCUT2D eigenvalue weighted by Gasteiger charge is 2.55. The molecule has 1 aliphatic heterocycles. The van der Waals surface area contributed by atoms with E-state index < -0.39 is 51.1 Å². The first-order valence-corrected chi connectivity index (χ1v) is 17.9. The predicted molar refractivity (Wildman–Crippen MR) is 195 cm³/mol. The molecule has 1 saturated heterocycles. The molecule has 51 heavy (non-hydrogen) atoms. The Morgan fingerprint density at radius 1 is 0.902 bits per heavy atom. The van der Waals surface area contributed by atoms with Crippen LogP contribution in [0.15, 0.2) is 115 Å². The molecule has 2 fully saturated rings. The number of aliphatic hydroxyl groups is 1. The number of carbonyl (C=O) groups excluding carboxylic acids is 3. The average Bonchev–Trinajstić information content (AvgIpc) is 3.80. The molecule has 8 nitrogen and oxygen atoms in total. The second kappa shape index (κ2) is 14.7. The minimum Gasteiger partial charge on any atom is -0.391 e. The third-order valence-corrected chi connectivity index (χ3v) is 11.5. The Hall–Kier alpha value is -4.98. The van der Waals surface area contributed by atoms with Crippen LogP contribution in [0.3, 0.4) is 0 Å². The lowest BCUT2D eigenvalue weighted by Gasteiger charge is -2.45. The van der Waals surface area contributed by atoms with Gasteiger partial charge in [-0.05, 0) is 61.1 Å². The van der Waals surface area contributed by atoms with Gasteiger partial charge in [0, 0.05) is 24.3 Å². The summed E-state index contributed by atoms with van der Waals surface area (Å²) in [6.45, 7) is 3.74. The fraction of sp³-hybridized carbons (Fsp3) is 0.317. The zero-order valence-electron chi connectivity index (χ0n) is 28.6. The quantitative estimate of drug-likeness (QED) is 0.165. The van der Waals surface area contributed by atoms with Gasteiger partial charge in [0.05, 0.1) is 22.5 Å². The summed E-state index contributed by atoms with van der Waals surface area (Å²) < 4.78 is 13.3. The molecule has 262 valence electrons. The Labute approximate surface area is 302 Å². The number of amides is 3. The van der Waals surface area contributed by atoms with Crippen LogP contribution in [0.4, 0.5) is 4.39 Å². The van der Waals surface area contributed by atoms with Crippen LogP contribution < -0.4 is 10.6 Å². The van der Waals surface area contributed by atoms with Gasteiger partial charge in [-0.1, -0.05) is 103 Å². The molecule has 2 aliphatic rings. The molecule has 0 spiro atoms. The molecule has 4 aromatic rings. The summed E-state index contributed by atoms with van der Waals surface area (Å²) in [4.78, 5) is 43.2. The third kappa shape index (κ3) is 7.55.